The Morgan fingerprint density at radius 2 is 0.833 bits per heavy atom. The topological polar surface area (TPSA) is 13.1 Å². The first kappa shape index (κ1) is 29.8. The van der Waals surface area contributed by atoms with Gasteiger partial charge in [0, 0.05) is 30.9 Å². The number of benzene rings is 10. The fourth-order valence-electron chi connectivity index (χ4n) is 9.09. The molecule has 0 saturated heterocycles. The molecule has 1 nitrogen and oxygen atoms in total. The van der Waals surface area contributed by atoms with Crippen LogP contribution in [0.1, 0.15) is 0 Å². The highest BCUT2D eigenvalue weighted by atomic mass is 32.1. The molecule has 0 aliphatic rings. The van der Waals surface area contributed by atoms with Crippen molar-refractivity contribution in [2.75, 3.05) is 0 Å². The molecule has 0 aliphatic carbocycles. The summed E-state index contributed by atoms with van der Waals surface area (Å²) in [4.78, 5) is 0. The standard InChI is InChI=1S/C52H30OS/c1-2-12-35-31(11-1)26-28-47-51(35)52-39-15-4-3-13-36(39)44(30-48(52)54-47)32-21-23-33(24-22-32)49-40-16-5-7-18-42(40)50(43-19-8-6-17-41(43)49)34-25-27-38-37-14-9-10-20-45(37)53-46(38)29-34/h1-30H. The molecule has 0 aliphatic heterocycles. The lowest BCUT2D eigenvalue weighted by Crippen LogP contribution is -1.91. The van der Waals surface area contributed by atoms with Gasteiger partial charge in [-0.3, -0.25) is 0 Å². The minimum Gasteiger partial charge on any atom is -0.456 e. The Hall–Kier alpha value is -6.74. The van der Waals surface area contributed by atoms with E-state index in [4.69, 9.17) is 4.42 Å². The molecular formula is C52H30OS. The van der Waals surface area contributed by atoms with Crippen LogP contribution in [0.5, 0.6) is 0 Å². The van der Waals surface area contributed by atoms with Gasteiger partial charge in [-0.15, -0.1) is 11.3 Å². The van der Waals surface area contributed by atoms with Crippen molar-refractivity contribution in [2.24, 2.45) is 0 Å². The van der Waals surface area contributed by atoms with Crippen LogP contribution >= 0.6 is 11.3 Å². The van der Waals surface area contributed by atoms with Gasteiger partial charge in [0.05, 0.1) is 0 Å². The summed E-state index contributed by atoms with van der Waals surface area (Å²) >= 11 is 1.90. The van der Waals surface area contributed by atoms with Gasteiger partial charge in [-0.05, 0) is 107 Å². The van der Waals surface area contributed by atoms with Crippen LogP contribution in [0.15, 0.2) is 186 Å². The van der Waals surface area contributed by atoms with Crippen molar-refractivity contribution in [1.82, 2.24) is 0 Å². The molecule has 2 aromatic heterocycles. The Labute approximate surface area is 314 Å². The molecule has 0 unspecified atom stereocenters. The molecule has 54 heavy (non-hydrogen) atoms. The summed E-state index contributed by atoms with van der Waals surface area (Å²) in [6.45, 7) is 0. The first-order chi connectivity index (χ1) is 26.8. The van der Waals surface area contributed by atoms with Gasteiger partial charge >= 0.3 is 0 Å². The zero-order valence-corrected chi connectivity index (χ0v) is 30.0. The molecular weight excluding hydrogens is 673 g/mol. The second kappa shape index (κ2) is 11.4. The van der Waals surface area contributed by atoms with E-state index in [9.17, 15) is 0 Å². The summed E-state index contributed by atoms with van der Waals surface area (Å²) in [5, 5.41) is 15.2. The third-order valence-electron chi connectivity index (χ3n) is 11.5. The van der Waals surface area contributed by atoms with E-state index in [2.05, 4.69) is 170 Å². The van der Waals surface area contributed by atoms with Crippen molar-refractivity contribution in [3.8, 4) is 33.4 Å². The van der Waals surface area contributed by atoms with Crippen molar-refractivity contribution in [3.05, 3.63) is 182 Å². The predicted octanol–water partition coefficient (Wildman–Crippen LogP) is 15.6. The molecule has 2 heteroatoms. The van der Waals surface area contributed by atoms with Crippen molar-refractivity contribution in [2.45, 2.75) is 0 Å². The van der Waals surface area contributed by atoms with E-state index in [0.29, 0.717) is 0 Å². The number of rotatable bonds is 3. The summed E-state index contributed by atoms with van der Waals surface area (Å²) < 4.78 is 9.02. The van der Waals surface area contributed by atoms with Crippen LogP contribution in [0.4, 0.5) is 0 Å². The third kappa shape index (κ3) is 4.26. The summed E-state index contributed by atoms with van der Waals surface area (Å²) in [6.07, 6.45) is 0. The van der Waals surface area contributed by atoms with E-state index in [1.54, 1.807) is 0 Å². The molecule has 12 aromatic rings. The SMILES string of the molecule is c1ccc2c(c1)ccc1sc3cc(-c4ccc(-c5c6ccccc6c(-c6ccc7c(c6)oc6ccccc67)c6ccccc56)cc4)c4ccccc4c3c12. The second-order valence-electron chi connectivity index (χ2n) is 14.3. The van der Waals surface area contributed by atoms with Crippen molar-refractivity contribution in [3.63, 3.8) is 0 Å². The zero-order chi connectivity index (χ0) is 35.3. The molecule has 0 fully saturated rings. The van der Waals surface area contributed by atoms with E-state index in [-0.39, 0.29) is 0 Å². The van der Waals surface area contributed by atoms with Gasteiger partial charge in [0.25, 0.3) is 0 Å². The third-order valence-corrected chi connectivity index (χ3v) is 12.6. The average Bonchev–Trinajstić information content (AvgIpc) is 3.81. The predicted molar refractivity (Wildman–Crippen MR) is 233 cm³/mol. The van der Waals surface area contributed by atoms with Gasteiger partial charge in [-0.2, -0.15) is 0 Å². The van der Waals surface area contributed by atoms with Crippen LogP contribution in [0.3, 0.4) is 0 Å². The van der Waals surface area contributed by atoms with Crippen LogP contribution in [-0.4, -0.2) is 0 Å². The quantitative estimate of drug-likeness (QED) is 0.167. The van der Waals surface area contributed by atoms with Crippen molar-refractivity contribution in [1.29, 1.82) is 0 Å². The minimum absolute atomic E-state index is 0.913. The lowest BCUT2D eigenvalue weighted by molar-refractivity contribution is 0.669. The molecule has 10 aromatic carbocycles. The number of thiophene rings is 1. The van der Waals surface area contributed by atoms with Gasteiger partial charge in [0.2, 0.25) is 0 Å². The summed E-state index contributed by atoms with van der Waals surface area (Å²) in [7, 11) is 0. The Kier molecular flexibility index (Phi) is 6.28. The fraction of sp³-hybridized carbons (Fsp3) is 0. The number of hydrogen-bond acceptors (Lipinski definition) is 2. The van der Waals surface area contributed by atoms with Gasteiger partial charge in [0.15, 0.2) is 0 Å². The molecule has 12 rings (SSSR count). The van der Waals surface area contributed by atoms with Gasteiger partial charge in [-0.1, -0.05) is 152 Å². The van der Waals surface area contributed by atoms with Gasteiger partial charge in [0.1, 0.15) is 11.2 Å². The number of hydrogen-bond donors (Lipinski definition) is 0. The van der Waals surface area contributed by atoms with E-state index < -0.39 is 0 Å². The maximum absolute atomic E-state index is 6.36. The molecule has 0 bridgehead atoms. The second-order valence-corrected chi connectivity index (χ2v) is 15.4. The molecule has 250 valence electrons. The highest BCUT2D eigenvalue weighted by molar-refractivity contribution is 7.26. The van der Waals surface area contributed by atoms with Crippen LogP contribution in [0.2, 0.25) is 0 Å². The molecule has 0 atom stereocenters. The molecule has 2 heterocycles. The number of furan rings is 1. The maximum atomic E-state index is 6.36. The summed E-state index contributed by atoms with van der Waals surface area (Å²) in [6, 6.07) is 66.7. The maximum Gasteiger partial charge on any atom is 0.136 e. The molecule has 0 saturated carbocycles. The highest BCUT2D eigenvalue weighted by Crippen LogP contribution is 2.47. The largest absolute Gasteiger partial charge is 0.456 e. The smallest absolute Gasteiger partial charge is 0.136 e. The first-order valence-electron chi connectivity index (χ1n) is 18.5. The number of fused-ring (bicyclic) bond motifs is 12. The Morgan fingerprint density at radius 1 is 0.315 bits per heavy atom. The molecule has 0 spiro atoms. The zero-order valence-electron chi connectivity index (χ0n) is 29.1. The van der Waals surface area contributed by atoms with Crippen molar-refractivity contribution >= 4 is 96.5 Å². The van der Waals surface area contributed by atoms with Gasteiger partial charge < -0.3 is 4.42 Å². The Bertz CT molecular complexity index is 3430. The van der Waals surface area contributed by atoms with Crippen LogP contribution in [0, 0.1) is 0 Å². The summed E-state index contributed by atoms with van der Waals surface area (Å²) in [5.74, 6) is 0. The minimum atomic E-state index is 0.913. The fourth-order valence-corrected chi connectivity index (χ4v) is 10.3. The van der Waals surface area contributed by atoms with E-state index >= 15 is 0 Å². The lowest BCUT2D eigenvalue weighted by Gasteiger charge is -2.18. The average molecular weight is 703 g/mol. The Morgan fingerprint density at radius 3 is 1.56 bits per heavy atom. The lowest BCUT2D eigenvalue weighted by atomic mass is 9.85. The molecule has 0 N–H and O–H groups in total. The van der Waals surface area contributed by atoms with Gasteiger partial charge in [-0.25, -0.2) is 0 Å². The van der Waals surface area contributed by atoms with E-state index in [1.165, 1.54) is 91.1 Å². The normalized spacial score (nSPS) is 12.1. The van der Waals surface area contributed by atoms with Crippen LogP contribution in [0.25, 0.3) is 119 Å². The van der Waals surface area contributed by atoms with Crippen molar-refractivity contribution < 1.29 is 4.42 Å². The molecule has 0 radical (unpaired) electrons. The highest BCUT2D eigenvalue weighted by Gasteiger charge is 2.19. The van der Waals surface area contributed by atoms with E-state index in [0.717, 1.165) is 27.5 Å². The first-order valence-corrected chi connectivity index (χ1v) is 19.3. The Balaban J connectivity index is 1.04. The van der Waals surface area contributed by atoms with Crippen LogP contribution in [-0.2, 0) is 0 Å². The van der Waals surface area contributed by atoms with Crippen LogP contribution < -0.4 is 0 Å². The number of para-hydroxylation sites is 1. The monoisotopic (exact) mass is 702 g/mol. The molecule has 0 amide bonds. The summed E-state index contributed by atoms with van der Waals surface area (Å²) in [5.41, 5.74) is 9.20. The van der Waals surface area contributed by atoms with E-state index in [1.807, 2.05) is 23.5 Å².